The van der Waals surface area contributed by atoms with Crippen LogP contribution in [-0.2, 0) is 21.7 Å². The molecule has 0 saturated heterocycles. The zero-order valence-electron chi connectivity index (χ0n) is 48.4. The highest BCUT2D eigenvalue weighted by Crippen LogP contribution is 2.63. The Hall–Kier alpha value is -7.34. The monoisotopic (exact) mass is 1060 g/mol. The van der Waals surface area contributed by atoms with Gasteiger partial charge < -0.3 is 14.7 Å². The zero-order chi connectivity index (χ0) is 54.8. The molecule has 0 N–H and O–H groups in total. The van der Waals surface area contributed by atoms with Gasteiger partial charge in [-0.15, -0.1) is 11.3 Å². The first-order valence-electron chi connectivity index (χ1n) is 29.6. The van der Waals surface area contributed by atoms with Crippen molar-refractivity contribution in [2.24, 2.45) is 0 Å². The fourth-order valence-electron chi connectivity index (χ4n) is 15.7. The maximum Gasteiger partial charge on any atom is 0.252 e. The minimum Gasteiger partial charge on any atom is -0.335 e. The molecule has 15 rings (SSSR count). The summed E-state index contributed by atoms with van der Waals surface area (Å²) >= 11 is 1.91. The summed E-state index contributed by atoms with van der Waals surface area (Å²) in [6.07, 6.45) is 7.11. The summed E-state index contributed by atoms with van der Waals surface area (Å²) in [4.78, 5) is 8.23. The van der Waals surface area contributed by atoms with E-state index < -0.39 is 0 Å². The van der Waals surface area contributed by atoms with E-state index in [4.69, 9.17) is 0 Å². The largest absolute Gasteiger partial charge is 0.335 e. The van der Waals surface area contributed by atoms with Crippen molar-refractivity contribution in [3.63, 3.8) is 0 Å². The highest BCUT2D eigenvalue weighted by Gasteiger charge is 2.61. The summed E-state index contributed by atoms with van der Waals surface area (Å²) in [7, 11) is 0. The van der Waals surface area contributed by atoms with Crippen molar-refractivity contribution in [1.29, 1.82) is 0 Å². The molecule has 80 heavy (non-hydrogen) atoms. The number of hydrogen-bond acceptors (Lipinski definition) is 4. The molecule has 4 heterocycles. The number of thiophene rings is 1. The van der Waals surface area contributed by atoms with Crippen molar-refractivity contribution in [1.82, 2.24) is 0 Å². The summed E-state index contributed by atoms with van der Waals surface area (Å²) in [6.45, 7) is 24.5. The number of hydrogen-bond donors (Lipinski definition) is 0. The number of rotatable bonds is 6. The van der Waals surface area contributed by atoms with E-state index >= 15 is 0 Å². The smallest absolute Gasteiger partial charge is 0.252 e. The first kappa shape index (κ1) is 49.7. The molecule has 0 spiro atoms. The van der Waals surface area contributed by atoms with Crippen LogP contribution in [-0.4, -0.2) is 12.3 Å². The molecule has 1 aromatic heterocycles. The third-order valence-corrected chi connectivity index (χ3v) is 21.6. The van der Waals surface area contributed by atoms with E-state index in [0.717, 1.165) is 30.6 Å². The van der Waals surface area contributed by atoms with Gasteiger partial charge in [0.05, 0.1) is 21.6 Å². The summed E-state index contributed by atoms with van der Waals surface area (Å²) < 4.78 is 2.60. The lowest BCUT2D eigenvalue weighted by Gasteiger charge is -2.53. The van der Waals surface area contributed by atoms with E-state index in [9.17, 15) is 0 Å². The standard InChI is InChI=1S/C75H72BN3S/c1-47-40-65-68-66(41-47)79-69-59(74(9)36-19-20-37-75(74,79)10)42-50(48-22-13-11-14-23-48)43-61(69)76(68)60-35-34-53(44-64(60)78(65)63-46-58-57(72(5,6)38-39-73(58,7)8)45-56(63)49-24-15-12-16-25-49)77(52-32-30-51(31-33-52)71(2,3)4)62-28-21-27-55-54-26-17-18-29-67(54)80-70(55)62/h11-18,21-35,40-46H,19-20,36-39H2,1-10H3. The minimum absolute atomic E-state index is 0.0123. The van der Waals surface area contributed by atoms with Crippen LogP contribution in [0.3, 0.4) is 0 Å². The molecular formula is C75H72BN3S. The summed E-state index contributed by atoms with van der Waals surface area (Å²) in [5, 5.41) is 2.60. The quantitative estimate of drug-likeness (QED) is 0.154. The minimum atomic E-state index is -0.105. The Labute approximate surface area is 479 Å². The molecule has 1 fully saturated rings. The average molecular weight is 1060 g/mol. The third kappa shape index (κ3) is 7.11. The van der Waals surface area contributed by atoms with Crippen molar-refractivity contribution in [2.75, 3.05) is 14.7 Å². The van der Waals surface area contributed by atoms with E-state index in [0.29, 0.717) is 0 Å². The van der Waals surface area contributed by atoms with Gasteiger partial charge in [-0.2, -0.15) is 0 Å². The molecule has 2 atom stereocenters. The fraction of sp³-hybridized carbons (Fsp3) is 0.280. The van der Waals surface area contributed by atoms with Crippen LogP contribution in [0, 0.1) is 6.92 Å². The topological polar surface area (TPSA) is 9.72 Å². The Kier molecular flexibility index (Phi) is 10.8. The highest BCUT2D eigenvalue weighted by atomic mass is 32.1. The second-order valence-electron chi connectivity index (χ2n) is 27.1. The molecule has 5 heteroatoms. The van der Waals surface area contributed by atoms with Crippen molar-refractivity contribution >= 4 is 100 Å². The van der Waals surface area contributed by atoms with Gasteiger partial charge in [-0.1, -0.05) is 183 Å². The van der Waals surface area contributed by atoms with Crippen molar-refractivity contribution in [3.8, 4) is 22.3 Å². The lowest BCUT2D eigenvalue weighted by molar-refractivity contribution is 0.195. The van der Waals surface area contributed by atoms with Gasteiger partial charge in [0.2, 0.25) is 0 Å². The maximum atomic E-state index is 2.90. The summed E-state index contributed by atoms with van der Waals surface area (Å²) in [5.41, 5.74) is 26.4. The molecule has 1 saturated carbocycles. The summed E-state index contributed by atoms with van der Waals surface area (Å²) in [5.74, 6) is 0. The number of benzene rings is 9. The normalized spacial score (nSPS) is 20.1. The molecule has 2 aliphatic carbocycles. The number of aryl methyl sites for hydroxylation is 1. The lowest BCUT2D eigenvalue weighted by atomic mass is 9.33. The molecule has 3 aliphatic heterocycles. The highest BCUT2D eigenvalue weighted by molar-refractivity contribution is 7.26. The maximum absolute atomic E-state index is 2.90. The van der Waals surface area contributed by atoms with Crippen LogP contribution in [0.5, 0.6) is 0 Å². The molecule has 396 valence electrons. The Morgan fingerprint density at radius 1 is 0.512 bits per heavy atom. The second-order valence-corrected chi connectivity index (χ2v) is 28.2. The van der Waals surface area contributed by atoms with Gasteiger partial charge in [0.1, 0.15) is 0 Å². The molecule has 10 aromatic rings. The Bertz CT molecular complexity index is 4180. The first-order valence-corrected chi connectivity index (χ1v) is 30.4. The van der Waals surface area contributed by atoms with Crippen molar-refractivity contribution in [2.45, 2.75) is 135 Å². The van der Waals surface area contributed by atoms with Crippen molar-refractivity contribution < 1.29 is 0 Å². The first-order chi connectivity index (χ1) is 38.4. The van der Waals surface area contributed by atoms with Crippen LogP contribution in [0.4, 0.5) is 45.5 Å². The summed E-state index contributed by atoms with van der Waals surface area (Å²) in [6, 6.07) is 71.1. The Morgan fingerprint density at radius 2 is 1.16 bits per heavy atom. The van der Waals surface area contributed by atoms with Gasteiger partial charge in [0.15, 0.2) is 0 Å². The van der Waals surface area contributed by atoms with Crippen LogP contribution in [0.25, 0.3) is 42.4 Å². The predicted octanol–water partition coefficient (Wildman–Crippen LogP) is 19.2. The predicted molar refractivity (Wildman–Crippen MR) is 346 cm³/mol. The SMILES string of the molecule is Cc1cc2c3c(c1)N1c4c(cc(-c5ccccc5)cc4C4(C)CCCCC14C)B3c1ccc(N(c3ccc(C(C)(C)C)cc3)c3cccc4c3sc3ccccc34)cc1N2c1cc2c(cc1-c1ccccc1)C(C)(C)CCC2(C)C. The van der Waals surface area contributed by atoms with Crippen molar-refractivity contribution in [3.05, 3.63) is 210 Å². The van der Waals surface area contributed by atoms with Gasteiger partial charge in [0.25, 0.3) is 6.71 Å². The number of anilines is 8. The number of fused-ring (bicyclic) bond motifs is 11. The van der Waals surface area contributed by atoms with E-state index in [-0.39, 0.29) is 33.9 Å². The second kappa shape index (κ2) is 17.3. The molecule has 5 aliphatic rings. The molecule has 3 nitrogen and oxygen atoms in total. The van der Waals surface area contributed by atoms with Crippen LogP contribution >= 0.6 is 11.3 Å². The molecule has 2 unspecified atom stereocenters. The molecule has 0 amide bonds. The van der Waals surface area contributed by atoms with Gasteiger partial charge in [-0.3, -0.25) is 0 Å². The molecule has 0 radical (unpaired) electrons. The van der Waals surface area contributed by atoms with Crippen LogP contribution < -0.4 is 31.1 Å². The molecular weight excluding hydrogens is 986 g/mol. The average Bonchev–Trinajstić information content (AvgIpc) is 1.85. The fourth-order valence-corrected chi connectivity index (χ4v) is 16.9. The van der Waals surface area contributed by atoms with Crippen LogP contribution in [0.2, 0.25) is 0 Å². The van der Waals surface area contributed by atoms with Crippen LogP contribution in [0.15, 0.2) is 182 Å². The van der Waals surface area contributed by atoms with Gasteiger partial charge >= 0.3 is 0 Å². The van der Waals surface area contributed by atoms with E-state index in [2.05, 4.69) is 266 Å². The Morgan fingerprint density at radius 3 is 1.90 bits per heavy atom. The van der Waals surface area contributed by atoms with Gasteiger partial charge in [0, 0.05) is 60.6 Å². The molecule has 0 bridgehead atoms. The van der Waals surface area contributed by atoms with E-state index in [1.165, 1.54) is 140 Å². The zero-order valence-corrected chi connectivity index (χ0v) is 49.2. The lowest BCUT2D eigenvalue weighted by Crippen LogP contribution is -2.64. The van der Waals surface area contributed by atoms with Gasteiger partial charge in [-0.25, -0.2) is 0 Å². The van der Waals surface area contributed by atoms with E-state index in [1.54, 1.807) is 0 Å². The van der Waals surface area contributed by atoms with Gasteiger partial charge in [-0.05, 0) is 183 Å². The van der Waals surface area contributed by atoms with Crippen LogP contribution in [0.1, 0.15) is 129 Å². The third-order valence-electron chi connectivity index (χ3n) is 20.4. The number of nitrogens with zero attached hydrogens (tertiary/aromatic N) is 3. The van der Waals surface area contributed by atoms with E-state index in [1.807, 2.05) is 11.3 Å². The molecule has 9 aromatic carbocycles. The Balaban J connectivity index is 1.07.